The molecule has 0 bridgehead atoms. The van der Waals surface area contributed by atoms with Crippen molar-refractivity contribution in [2.24, 2.45) is 11.8 Å². The molecule has 4 heteroatoms. The first-order valence-corrected chi connectivity index (χ1v) is 7.72. The van der Waals surface area contributed by atoms with Gasteiger partial charge in [-0.2, -0.15) is 0 Å². The molecule has 0 spiro atoms. The lowest BCUT2D eigenvalue weighted by atomic mass is 10.0. The Kier molecular flexibility index (Phi) is 3.12. The van der Waals surface area contributed by atoms with Crippen molar-refractivity contribution in [3.8, 4) is 0 Å². The Morgan fingerprint density at radius 1 is 1.24 bits per heavy atom. The number of hydrogen-bond donors (Lipinski definition) is 0. The topological polar surface area (TPSA) is 36.9 Å². The first kappa shape index (κ1) is 13.7. The number of ether oxygens (including phenoxy) is 4. The van der Waals surface area contributed by atoms with E-state index in [1.165, 1.54) is 6.42 Å². The summed E-state index contributed by atoms with van der Waals surface area (Å²) in [4.78, 5) is 0. The van der Waals surface area contributed by atoms with Gasteiger partial charge in [-0.05, 0) is 37.7 Å². The number of rotatable bonds is 4. The zero-order valence-electron chi connectivity index (χ0n) is 12.6. The smallest absolute Gasteiger partial charge is 0.222 e. The fourth-order valence-corrected chi connectivity index (χ4v) is 3.54. The molecule has 21 heavy (non-hydrogen) atoms. The number of hydrogen-bond acceptors (Lipinski definition) is 4. The summed E-state index contributed by atoms with van der Waals surface area (Å²) in [6.07, 6.45) is 1.19. The van der Waals surface area contributed by atoms with Crippen LogP contribution in [0.4, 0.5) is 0 Å². The lowest BCUT2D eigenvalue weighted by molar-refractivity contribution is -0.286. The van der Waals surface area contributed by atoms with Gasteiger partial charge in [0.05, 0.1) is 13.2 Å². The molecule has 0 radical (unpaired) electrons. The summed E-state index contributed by atoms with van der Waals surface area (Å²) >= 11 is 0. The molecule has 0 amide bonds. The molecular formula is C17H22O4. The Labute approximate surface area is 125 Å². The maximum Gasteiger partial charge on any atom is 0.222 e. The van der Waals surface area contributed by atoms with Gasteiger partial charge >= 0.3 is 0 Å². The van der Waals surface area contributed by atoms with Gasteiger partial charge in [-0.3, -0.25) is 0 Å². The van der Waals surface area contributed by atoms with Crippen LogP contribution in [0.25, 0.3) is 0 Å². The highest BCUT2D eigenvalue weighted by molar-refractivity contribution is 5.13. The van der Waals surface area contributed by atoms with Crippen LogP contribution in [0, 0.1) is 11.8 Å². The minimum absolute atomic E-state index is 0.00187. The number of benzene rings is 1. The van der Waals surface area contributed by atoms with Gasteiger partial charge in [0.2, 0.25) is 5.79 Å². The van der Waals surface area contributed by atoms with E-state index in [0.717, 1.165) is 12.2 Å². The molecule has 1 saturated carbocycles. The van der Waals surface area contributed by atoms with Crippen molar-refractivity contribution >= 4 is 0 Å². The van der Waals surface area contributed by atoms with Crippen molar-refractivity contribution < 1.29 is 18.9 Å². The van der Waals surface area contributed by atoms with E-state index in [-0.39, 0.29) is 6.10 Å². The minimum atomic E-state index is -0.726. The molecule has 0 unspecified atom stereocenters. The molecule has 2 aliphatic heterocycles. The number of fused-ring (bicyclic) bond motifs is 3. The Morgan fingerprint density at radius 2 is 2.05 bits per heavy atom. The summed E-state index contributed by atoms with van der Waals surface area (Å²) in [5.74, 6) is -0.107. The fraction of sp³-hybridized carbons (Fsp3) is 0.647. The molecule has 2 heterocycles. The molecule has 4 rings (SSSR count). The second-order valence-electron chi connectivity index (χ2n) is 6.80. The summed E-state index contributed by atoms with van der Waals surface area (Å²) in [7, 11) is 0. The highest BCUT2D eigenvalue weighted by Crippen LogP contribution is 2.56. The third kappa shape index (κ3) is 2.50. The van der Waals surface area contributed by atoms with Gasteiger partial charge in [0, 0.05) is 0 Å². The van der Waals surface area contributed by atoms with Gasteiger partial charge in [-0.1, -0.05) is 30.3 Å². The molecule has 4 atom stereocenters. The highest BCUT2D eigenvalue weighted by atomic mass is 16.8. The van der Waals surface area contributed by atoms with Gasteiger partial charge in [0.15, 0.2) is 5.79 Å². The molecule has 3 aliphatic rings. The average Bonchev–Trinajstić information content (AvgIpc) is 3.17. The van der Waals surface area contributed by atoms with Crippen LogP contribution in [0.2, 0.25) is 0 Å². The van der Waals surface area contributed by atoms with Crippen LogP contribution in [0.5, 0.6) is 0 Å². The van der Waals surface area contributed by atoms with Crippen molar-refractivity contribution in [3.63, 3.8) is 0 Å². The zero-order valence-corrected chi connectivity index (χ0v) is 12.6. The van der Waals surface area contributed by atoms with Crippen LogP contribution >= 0.6 is 0 Å². The molecular weight excluding hydrogens is 268 g/mol. The normalized spacial score (nSPS) is 39.6. The average molecular weight is 290 g/mol. The van der Waals surface area contributed by atoms with E-state index in [1.54, 1.807) is 0 Å². The van der Waals surface area contributed by atoms with E-state index >= 15 is 0 Å². The summed E-state index contributed by atoms with van der Waals surface area (Å²) in [6, 6.07) is 10.2. The highest BCUT2D eigenvalue weighted by Gasteiger charge is 2.65. The Morgan fingerprint density at radius 3 is 2.86 bits per heavy atom. The first-order valence-electron chi connectivity index (χ1n) is 7.72. The molecule has 2 saturated heterocycles. The van der Waals surface area contributed by atoms with Crippen LogP contribution in [0.3, 0.4) is 0 Å². The quantitative estimate of drug-likeness (QED) is 0.854. The molecule has 114 valence electrons. The van der Waals surface area contributed by atoms with E-state index in [1.807, 2.05) is 32.0 Å². The van der Waals surface area contributed by atoms with Crippen molar-refractivity contribution in [2.45, 2.75) is 44.6 Å². The summed E-state index contributed by atoms with van der Waals surface area (Å²) in [5, 5.41) is 0. The van der Waals surface area contributed by atoms with E-state index in [2.05, 4.69) is 12.1 Å². The van der Waals surface area contributed by atoms with Gasteiger partial charge in [0.25, 0.3) is 0 Å². The van der Waals surface area contributed by atoms with Crippen molar-refractivity contribution in [3.05, 3.63) is 35.9 Å². The van der Waals surface area contributed by atoms with E-state index in [4.69, 9.17) is 18.9 Å². The predicted octanol–water partition coefficient (Wildman–Crippen LogP) is 2.72. The van der Waals surface area contributed by atoms with Gasteiger partial charge in [-0.15, -0.1) is 0 Å². The molecule has 1 aromatic rings. The second kappa shape index (κ2) is 4.78. The summed E-state index contributed by atoms with van der Waals surface area (Å²) < 4.78 is 24.1. The van der Waals surface area contributed by atoms with E-state index in [9.17, 15) is 0 Å². The zero-order chi connectivity index (χ0) is 14.5. The van der Waals surface area contributed by atoms with E-state index < -0.39 is 11.6 Å². The predicted molar refractivity (Wildman–Crippen MR) is 76.4 cm³/mol. The fourth-order valence-electron chi connectivity index (χ4n) is 3.54. The standard InChI is InChI=1S/C17H22O4/c1-16(2)20-15-14-8-13(14)10-19-17(15,21-16)11-18-9-12-6-4-3-5-7-12/h3-7,13-15H,8-11H2,1-2H3/t13-,14-,15+,17+/m1/s1. The van der Waals surface area contributed by atoms with Crippen molar-refractivity contribution in [2.75, 3.05) is 13.2 Å². The molecule has 4 nitrogen and oxygen atoms in total. The van der Waals surface area contributed by atoms with Crippen LogP contribution in [-0.2, 0) is 25.6 Å². The molecule has 0 N–H and O–H groups in total. The minimum Gasteiger partial charge on any atom is -0.371 e. The Balaban J connectivity index is 1.44. The molecule has 1 aromatic carbocycles. The van der Waals surface area contributed by atoms with Crippen molar-refractivity contribution in [1.82, 2.24) is 0 Å². The molecule has 1 aliphatic carbocycles. The Bertz CT molecular complexity index is 515. The van der Waals surface area contributed by atoms with Crippen molar-refractivity contribution in [1.29, 1.82) is 0 Å². The molecule has 3 fully saturated rings. The maximum absolute atomic E-state index is 6.11. The van der Waals surface area contributed by atoms with Gasteiger partial charge in [-0.25, -0.2) is 0 Å². The van der Waals surface area contributed by atoms with Gasteiger partial charge < -0.3 is 18.9 Å². The van der Waals surface area contributed by atoms with E-state index in [0.29, 0.717) is 25.0 Å². The van der Waals surface area contributed by atoms with Crippen LogP contribution in [0.1, 0.15) is 25.8 Å². The van der Waals surface area contributed by atoms with Crippen LogP contribution in [0.15, 0.2) is 30.3 Å². The molecule has 0 aromatic heterocycles. The second-order valence-corrected chi connectivity index (χ2v) is 6.80. The monoisotopic (exact) mass is 290 g/mol. The van der Waals surface area contributed by atoms with Gasteiger partial charge in [0.1, 0.15) is 12.7 Å². The van der Waals surface area contributed by atoms with Crippen LogP contribution < -0.4 is 0 Å². The lowest BCUT2D eigenvalue weighted by Crippen LogP contribution is -2.51. The Hall–Kier alpha value is -0.940. The SMILES string of the molecule is CC1(C)O[C@H]2[C@@H]3C[C@@H]3CO[C@@]2(COCc2ccccc2)O1. The van der Waals surface area contributed by atoms with Crippen LogP contribution in [-0.4, -0.2) is 30.9 Å². The maximum atomic E-state index is 6.11. The third-order valence-corrected chi connectivity index (χ3v) is 4.59. The summed E-state index contributed by atoms with van der Waals surface area (Å²) in [5.41, 5.74) is 1.16. The lowest BCUT2D eigenvalue weighted by Gasteiger charge is -2.35. The first-order chi connectivity index (χ1) is 10.1. The third-order valence-electron chi connectivity index (χ3n) is 4.59. The summed E-state index contributed by atoms with van der Waals surface area (Å²) in [6.45, 7) is 5.64. The largest absolute Gasteiger partial charge is 0.371 e.